The molecule has 3 rings (SSSR count). The number of carbonyl (C=O) groups is 1. The summed E-state index contributed by atoms with van der Waals surface area (Å²) in [4.78, 5) is 20.8. The number of hydrogen-bond acceptors (Lipinski definition) is 3. The van der Waals surface area contributed by atoms with Gasteiger partial charge in [0.15, 0.2) is 0 Å². The van der Waals surface area contributed by atoms with E-state index >= 15 is 0 Å². The van der Waals surface area contributed by atoms with Gasteiger partial charge in [0.25, 0.3) is 5.91 Å². The van der Waals surface area contributed by atoms with Crippen LogP contribution >= 0.6 is 15.9 Å². The van der Waals surface area contributed by atoms with Gasteiger partial charge in [0.2, 0.25) is 0 Å². The lowest BCUT2D eigenvalue weighted by Crippen LogP contribution is -2.45. The van der Waals surface area contributed by atoms with Gasteiger partial charge in [-0.2, -0.15) is 0 Å². The van der Waals surface area contributed by atoms with Gasteiger partial charge >= 0.3 is 0 Å². The number of hydrogen-bond donors (Lipinski definition) is 1. The molecule has 0 atom stereocenters. The molecule has 1 fully saturated rings. The maximum Gasteiger partial charge on any atom is 0.270 e. The van der Waals surface area contributed by atoms with Gasteiger partial charge in [0.1, 0.15) is 5.69 Å². The quantitative estimate of drug-likeness (QED) is 0.923. The van der Waals surface area contributed by atoms with Gasteiger partial charge in [-0.1, -0.05) is 13.8 Å². The van der Waals surface area contributed by atoms with Gasteiger partial charge in [0, 0.05) is 23.8 Å². The lowest BCUT2D eigenvalue weighted by molar-refractivity contribution is 0.0858. The van der Waals surface area contributed by atoms with Gasteiger partial charge in [-0.15, -0.1) is 0 Å². The Morgan fingerprint density at radius 2 is 2.10 bits per heavy atom. The van der Waals surface area contributed by atoms with E-state index in [9.17, 15) is 4.79 Å². The molecule has 4 nitrogen and oxygen atoms in total. The zero-order valence-corrected chi connectivity index (χ0v) is 13.7. The van der Waals surface area contributed by atoms with Crippen molar-refractivity contribution in [3.63, 3.8) is 0 Å². The predicted molar refractivity (Wildman–Crippen MR) is 86.1 cm³/mol. The van der Waals surface area contributed by atoms with Crippen LogP contribution in [-0.4, -0.2) is 21.9 Å². The first-order valence-corrected chi connectivity index (χ1v) is 8.05. The van der Waals surface area contributed by atoms with Crippen molar-refractivity contribution in [2.75, 3.05) is 0 Å². The number of aromatic nitrogens is 2. The van der Waals surface area contributed by atoms with E-state index in [2.05, 4.69) is 45.1 Å². The minimum atomic E-state index is -0.0900. The lowest BCUT2D eigenvalue weighted by atomic mass is 9.73. The third kappa shape index (κ3) is 2.93. The highest BCUT2D eigenvalue weighted by molar-refractivity contribution is 9.10. The number of amides is 1. The molecule has 5 heteroatoms. The topological polar surface area (TPSA) is 54.9 Å². The summed E-state index contributed by atoms with van der Waals surface area (Å²) in [5, 5.41) is 3.99. The minimum Gasteiger partial charge on any atom is -0.348 e. The molecule has 2 aromatic heterocycles. The Morgan fingerprint density at radius 1 is 1.33 bits per heavy atom. The normalized spacial score (nSPS) is 21.3. The van der Waals surface area contributed by atoms with Gasteiger partial charge in [0.05, 0.1) is 9.99 Å². The summed E-state index contributed by atoms with van der Waals surface area (Å²) in [6, 6.07) is 3.93. The molecule has 0 aliphatic heterocycles. The molecule has 21 heavy (non-hydrogen) atoms. The monoisotopic (exact) mass is 347 g/mol. The first-order valence-electron chi connectivity index (χ1n) is 7.25. The van der Waals surface area contributed by atoms with Gasteiger partial charge in [-0.05, 0) is 52.7 Å². The number of rotatable bonds is 3. The number of pyridine rings is 2. The van der Waals surface area contributed by atoms with Crippen LogP contribution in [0.15, 0.2) is 29.0 Å². The fraction of sp³-hybridized carbons (Fsp3) is 0.438. The van der Waals surface area contributed by atoms with Crippen molar-refractivity contribution in [1.29, 1.82) is 0 Å². The Morgan fingerprint density at radius 3 is 2.81 bits per heavy atom. The molecule has 2 aromatic rings. The number of nitrogens with one attached hydrogen (secondary N) is 1. The van der Waals surface area contributed by atoms with E-state index in [1.54, 1.807) is 18.5 Å². The number of nitrogens with zero attached hydrogens (tertiary/aromatic N) is 2. The Balaban J connectivity index is 1.72. The van der Waals surface area contributed by atoms with E-state index in [1.807, 2.05) is 6.07 Å². The molecule has 1 aliphatic rings. The second-order valence-electron chi connectivity index (χ2n) is 6.04. The van der Waals surface area contributed by atoms with Crippen LogP contribution in [0.4, 0.5) is 0 Å². The highest BCUT2D eigenvalue weighted by Crippen LogP contribution is 2.33. The minimum absolute atomic E-state index is 0.0900. The fourth-order valence-electron chi connectivity index (χ4n) is 2.72. The van der Waals surface area contributed by atoms with Crippen molar-refractivity contribution in [3.8, 4) is 0 Å². The van der Waals surface area contributed by atoms with Crippen LogP contribution in [-0.2, 0) is 0 Å². The van der Waals surface area contributed by atoms with E-state index in [0.29, 0.717) is 17.7 Å². The molecule has 0 bridgehead atoms. The van der Waals surface area contributed by atoms with E-state index < -0.39 is 0 Å². The van der Waals surface area contributed by atoms with E-state index in [-0.39, 0.29) is 5.91 Å². The number of halogens is 1. The molecule has 1 saturated carbocycles. The second kappa shape index (κ2) is 5.72. The summed E-state index contributed by atoms with van der Waals surface area (Å²) in [6.45, 7) is 4.47. The van der Waals surface area contributed by atoms with Crippen LogP contribution < -0.4 is 5.32 Å². The highest BCUT2D eigenvalue weighted by Gasteiger charge is 2.32. The smallest absolute Gasteiger partial charge is 0.270 e. The standard InChI is InChI=1S/C16H18BrN3O/c1-9(2)11-5-12(6-11)19-16(21)14-4-3-10-7-18-8-13(17)15(10)20-14/h3-4,7-9,11-12H,5-6H2,1-2H3,(H,19,21). The van der Waals surface area contributed by atoms with Crippen molar-refractivity contribution < 1.29 is 4.79 Å². The van der Waals surface area contributed by atoms with Crippen molar-refractivity contribution in [2.24, 2.45) is 11.8 Å². The molecular weight excluding hydrogens is 330 g/mol. The summed E-state index contributed by atoms with van der Waals surface area (Å²) in [5.74, 6) is 1.34. The van der Waals surface area contributed by atoms with Crippen LogP contribution in [0, 0.1) is 11.8 Å². The van der Waals surface area contributed by atoms with Crippen LogP contribution in [0.25, 0.3) is 10.9 Å². The summed E-state index contributed by atoms with van der Waals surface area (Å²) in [5.41, 5.74) is 1.23. The Labute approximate surface area is 132 Å². The van der Waals surface area contributed by atoms with E-state index in [4.69, 9.17) is 0 Å². The molecule has 0 aromatic carbocycles. The first kappa shape index (κ1) is 14.4. The summed E-state index contributed by atoms with van der Waals surface area (Å²) in [6.07, 6.45) is 5.58. The third-order valence-electron chi connectivity index (χ3n) is 4.24. The first-order chi connectivity index (χ1) is 10.0. The third-order valence-corrected chi connectivity index (χ3v) is 4.82. The average Bonchev–Trinajstić information content (AvgIpc) is 2.41. The van der Waals surface area contributed by atoms with Crippen molar-refractivity contribution in [2.45, 2.75) is 32.7 Å². The van der Waals surface area contributed by atoms with Crippen LogP contribution in [0.1, 0.15) is 37.2 Å². The van der Waals surface area contributed by atoms with Crippen LogP contribution in [0.3, 0.4) is 0 Å². The highest BCUT2D eigenvalue weighted by atomic mass is 79.9. The molecule has 110 valence electrons. The Kier molecular flexibility index (Phi) is 3.93. The largest absolute Gasteiger partial charge is 0.348 e. The van der Waals surface area contributed by atoms with Gasteiger partial charge < -0.3 is 5.32 Å². The zero-order valence-electron chi connectivity index (χ0n) is 12.1. The Bertz CT molecular complexity index is 680. The van der Waals surface area contributed by atoms with Crippen LogP contribution in [0.2, 0.25) is 0 Å². The molecule has 0 spiro atoms. The Hall–Kier alpha value is -1.49. The van der Waals surface area contributed by atoms with Crippen molar-refractivity contribution >= 4 is 32.7 Å². The molecule has 2 heterocycles. The lowest BCUT2D eigenvalue weighted by Gasteiger charge is -2.38. The summed E-state index contributed by atoms with van der Waals surface area (Å²) in [7, 11) is 0. The van der Waals surface area contributed by atoms with E-state index in [1.165, 1.54) is 0 Å². The molecular formula is C16H18BrN3O. The zero-order chi connectivity index (χ0) is 15.0. The van der Waals surface area contributed by atoms with E-state index in [0.717, 1.165) is 34.1 Å². The second-order valence-corrected chi connectivity index (χ2v) is 6.89. The fourth-order valence-corrected chi connectivity index (χ4v) is 3.16. The van der Waals surface area contributed by atoms with Crippen molar-refractivity contribution in [1.82, 2.24) is 15.3 Å². The summed E-state index contributed by atoms with van der Waals surface area (Å²) < 4.78 is 0.804. The number of carbonyl (C=O) groups excluding carboxylic acids is 1. The SMILES string of the molecule is CC(C)C1CC(NC(=O)c2ccc3cncc(Br)c3n2)C1. The van der Waals surface area contributed by atoms with Crippen molar-refractivity contribution in [3.05, 3.63) is 34.7 Å². The number of fused-ring (bicyclic) bond motifs is 1. The molecule has 1 N–H and O–H groups in total. The maximum atomic E-state index is 12.3. The molecule has 0 unspecified atom stereocenters. The van der Waals surface area contributed by atoms with Gasteiger partial charge in [-0.25, -0.2) is 4.98 Å². The maximum absolute atomic E-state index is 12.3. The molecule has 1 amide bonds. The molecule has 0 saturated heterocycles. The van der Waals surface area contributed by atoms with Gasteiger partial charge in [-0.3, -0.25) is 9.78 Å². The average molecular weight is 348 g/mol. The summed E-state index contributed by atoms with van der Waals surface area (Å²) >= 11 is 3.42. The molecule has 0 radical (unpaired) electrons. The van der Waals surface area contributed by atoms with Crippen LogP contribution in [0.5, 0.6) is 0 Å². The molecule has 1 aliphatic carbocycles. The predicted octanol–water partition coefficient (Wildman–Crippen LogP) is 3.56.